The number of amides is 3. The standard InChI is InChI=1S/C14H18N2O4S/c1-7-3-4-10-9(5-7)6-11(21-10)13(18)20-8(2)12(17)16-14(15)19/h6-8H,3-5H2,1-2H3,(H3,15,16,17,19)/t7-,8-/m1/s1. The smallest absolute Gasteiger partial charge is 0.349 e. The quantitative estimate of drug-likeness (QED) is 0.829. The fourth-order valence-electron chi connectivity index (χ4n) is 2.30. The van der Waals surface area contributed by atoms with E-state index in [-0.39, 0.29) is 0 Å². The van der Waals surface area contributed by atoms with Crippen LogP contribution in [0.4, 0.5) is 4.79 Å². The first-order chi connectivity index (χ1) is 9.86. The maximum absolute atomic E-state index is 12.0. The van der Waals surface area contributed by atoms with Gasteiger partial charge in [-0.3, -0.25) is 10.1 Å². The molecule has 0 saturated heterocycles. The van der Waals surface area contributed by atoms with Gasteiger partial charge in [0.15, 0.2) is 6.10 Å². The van der Waals surface area contributed by atoms with Crippen molar-refractivity contribution in [3.63, 3.8) is 0 Å². The summed E-state index contributed by atoms with van der Waals surface area (Å²) in [6, 6.07) is 0.875. The number of urea groups is 1. The maximum Gasteiger partial charge on any atom is 0.349 e. The summed E-state index contributed by atoms with van der Waals surface area (Å²) in [4.78, 5) is 35.8. The molecule has 0 aromatic carbocycles. The van der Waals surface area contributed by atoms with Crippen LogP contribution in [-0.4, -0.2) is 24.0 Å². The van der Waals surface area contributed by atoms with Gasteiger partial charge in [0.2, 0.25) is 0 Å². The normalized spacial score (nSPS) is 18.5. The van der Waals surface area contributed by atoms with Crippen molar-refractivity contribution < 1.29 is 19.1 Å². The molecule has 0 spiro atoms. The zero-order valence-corrected chi connectivity index (χ0v) is 12.8. The van der Waals surface area contributed by atoms with E-state index < -0.39 is 24.0 Å². The van der Waals surface area contributed by atoms with Crippen LogP contribution < -0.4 is 11.1 Å². The lowest BCUT2D eigenvalue weighted by molar-refractivity contribution is -0.127. The Morgan fingerprint density at radius 1 is 1.48 bits per heavy atom. The minimum Gasteiger partial charge on any atom is -0.448 e. The molecule has 0 aliphatic heterocycles. The molecule has 6 nitrogen and oxygen atoms in total. The lowest BCUT2D eigenvalue weighted by Gasteiger charge is -2.16. The van der Waals surface area contributed by atoms with Gasteiger partial charge in [0.1, 0.15) is 4.88 Å². The van der Waals surface area contributed by atoms with Crippen LogP contribution >= 0.6 is 11.3 Å². The molecule has 1 aliphatic rings. The topological polar surface area (TPSA) is 98.5 Å². The minimum absolute atomic E-state index is 0.493. The number of primary amides is 1. The molecule has 21 heavy (non-hydrogen) atoms. The first-order valence-electron chi connectivity index (χ1n) is 6.79. The first-order valence-corrected chi connectivity index (χ1v) is 7.61. The Bertz CT molecular complexity index is 582. The molecule has 1 aliphatic carbocycles. The molecular formula is C14H18N2O4S. The predicted molar refractivity (Wildman–Crippen MR) is 78.1 cm³/mol. The largest absolute Gasteiger partial charge is 0.448 e. The zero-order chi connectivity index (χ0) is 15.6. The van der Waals surface area contributed by atoms with Crippen molar-refractivity contribution in [2.24, 2.45) is 11.7 Å². The number of carbonyl (C=O) groups excluding carboxylic acids is 3. The summed E-state index contributed by atoms with van der Waals surface area (Å²) in [5, 5.41) is 1.88. The van der Waals surface area contributed by atoms with E-state index in [4.69, 9.17) is 10.5 Å². The molecule has 0 bridgehead atoms. The lowest BCUT2D eigenvalue weighted by atomic mass is 9.90. The molecule has 2 atom stereocenters. The second-order valence-electron chi connectivity index (χ2n) is 5.31. The van der Waals surface area contributed by atoms with E-state index in [9.17, 15) is 14.4 Å². The lowest BCUT2D eigenvalue weighted by Crippen LogP contribution is -2.42. The third kappa shape index (κ3) is 3.81. The molecule has 114 valence electrons. The van der Waals surface area contributed by atoms with Gasteiger partial charge in [0.25, 0.3) is 5.91 Å². The molecule has 0 unspecified atom stereocenters. The van der Waals surface area contributed by atoms with E-state index in [0.717, 1.165) is 19.3 Å². The Morgan fingerprint density at radius 2 is 2.19 bits per heavy atom. The monoisotopic (exact) mass is 310 g/mol. The molecule has 2 rings (SSSR count). The number of fused-ring (bicyclic) bond motifs is 1. The van der Waals surface area contributed by atoms with Gasteiger partial charge in [0.05, 0.1) is 0 Å². The molecule has 0 radical (unpaired) electrons. The van der Waals surface area contributed by atoms with Gasteiger partial charge in [-0.15, -0.1) is 11.3 Å². The number of rotatable bonds is 3. The van der Waals surface area contributed by atoms with Crippen molar-refractivity contribution in [3.05, 3.63) is 21.4 Å². The number of esters is 1. The van der Waals surface area contributed by atoms with E-state index in [2.05, 4.69) is 6.92 Å². The van der Waals surface area contributed by atoms with Gasteiger partial charge in [-0.2, -0.15) is 0 Å². The number of carbonyl (C=O) groups is 3. The van der Waals surface area contributed by atoms with Crippen LogP contribution in [0, 0.1) is 5.92 Å². The molecule has 1 aromatic rings. The van der Waals surface area contributed by atoms with E-state index in [1.54, 1.807) is 0 Å². The Morgan fingerprint density at radius 3 is 2.86 bits per heavy atom. The molecule has 3 N–H and O–H groups in total. The summed E-state index contributed by atoms with van der Waals surface area (Å²) in [5.41, 5.74) is 6.04. The second-order valence-corrected chi connectivity index (χ2v) is 6.44. The van der Waals surface area contributed by atoms with Gasteiger partial charge in [-0.25, -0.2) is 9.59 Å². The highest BCUT2D eigenvalue weighted by Gasteiger charge is 2.24. The number of aryl methyl sites for hydroxylation is 1. The van der Waals surface area contributed by atoms with Crippen LogP contribution in [-0.2, 0) is 22.4 Å². The van der Waals surface area contributed by atoms with Crippen molar-refractivity contribution in [3.8, 4) is 0 Å². The average Bonchev–Trinajstić information content (AvgIpc) is 2.80. The number of nitrogens with two attached hydrogens (primary N) is 1. The van der Waals surface area contributed by atoms with Gasteiger partial charge in [0, 0.05) is 4.88 Å². The van der Waals surface area contributed by atoms with Crippen molar-refractivity contribution in [2.45, 2.75) is 39.2 Å². The van der Waals surface area contributed by atoms with Crippen molar-refractivity contribution in [1.82, 2.24) is 5.32 Å². The van der Waals surface area contributed by atoms with Gasteiger partial charge < -0.3 is 10.5 Å². The molecule has 3 amide bonds. The highest BCUT2D eigenvalue weighted by molar-refractivity contribution is 7.14. The summed E-state index contributed by atoms with van der Waals surface area (Å²) in [5.74, 6) is -0.656. The zero-order valence-electron chi connectivity index (χ0n) is 12.0. The number of nitrogens with one attached hydrogen (secondary N) is 1. The summed E-state index contributed by atoms with van der Waals surface area (Å²) in [6.45, 7) is 3.58. The van der Waals surface area contributed by atoms with E-state index in [1.807, 2.05) is 11.4 Å². The van der Waals surface area contributed by atoms with Gasteiger partial charge >= 0.3 is 12.0 Å². The molecule has 1 aromatic heterocycles. The highest BCUT2D eigenvalue weighted by Crippen LogP contribution is 2.32. The van der Waals surface area contributed by atoms with E-state index in [0.29, 0.717) is 10.8 Å². The number of thiophene rings is 1. The van der Waals surface area contributed by atoms with Crippen LogP contribution in [0.25, 0.3) is 0 Å². The Labute approximate surface area is 126 Å². The number of ether oxygens (including phenoxy) is 1. The fourth-order valence-corrected chi connectivity index (χ4v) is 3.39. The van der Waals surface area contributed by atoms with Crippen LogP contribution in [0.3, 0.4) is 0 Å². The van der Waals surface area contributed by atoms with Crippen LogP contribution in [0.15, 0.2) is 6.07 Å². The van der Waals surface area contributed by atoms with Crippen LogP contribution in [0.2, 0.25) is 0 Å². The third-order valence-electron chi connectivity index (χ3n) is 3.43. The Kier molecular flexibility index (Phi) is 4.62. The van der Waals surface area contributed by atoms with E-state index >= 15 is 0 Å². The fraction of sp³-hybridized carbons (Fsp3) is 0.500. The maximum atomic E-state index is 12.0. The number of imide groups is 1. The molecule has 7 heteroatoms. The molecule has 0 fully saturated rings. The van der Waals surface area contributed by atoms with Gasteiger partial charge in [-0.05, 0) is 43.7 Å². The first kappa shape index (κ1) is 15.5. The minimum atomic E-state index is -1.07. The van der Waals surface area contributed by atoms with Crippen molar-refractivity contribution >= 4 is 29.2 Å². The van der Waals surface area contributed by atoms with Crippen molar-refractivity contribution in [2.75, 3.05) is 0 Å². The number of hydrogen-bond donors (Lipinski definition) is 2. The summed E-state index contributed by atoms with van der Waals surface area (Å²) in [7, 11) is 0. The SMILES string of the molecule is C[C@@H]1CCc2sc(C(=O)O[C@H](C)C(=O)NC(N)=O)cc2C1. The predicted octanol–water partition coefficient (Wildman–Crippen LogP) is 1.61. The summed E-state index contributed by atoms with van der Waals surface area (Å²) < 4.78 is 5.06. The highest BCUT2D eigenvalue weighted by atomic mass is 32.1. The Balaban J connectivity index is 2.01. The van der Waals surface area contributed by atoms with E-state index in [1.165, 1.54) is 28.7 Å². The van der Waals surface area contributed by atoms with Gasteiger partial charge in [-0.1, -0.05) is 6.92 Å². The average molecular weight is 310 g/mol. The summed E-state index contributed by atoms with van der Waals surface area (Å²) in [6.07, 6.45) is 2.01. The third-order valence-corrected chi connectivity index (χ3v) is 4.65. The molecule has 1 heterocycles. The second kappa shape index (κ2) is 6.26. The number of hydrogen-bond acceptors (Lipinski definition) is 5. The van der Waals surface area contributed by atoms with Crippen LogP contribution in [0.1, 0.15) is 40.4 Å². The summed E-state index contributed by atoms with van der Waals surface area (Å²) >= 11 is 1.42. The Hall–Kier alpha value is -1.89. The van der Waals surface area contributed by atoms with Crippen molar-refractivity contribution in [1.29, 1.82) is 0 Å². The molecular weight excluding hydrogens is 292 g/mol. The van der Waals surface area contributed by atoms with Crippen LogP contribution in [0.5, 0.6) is 0 Å². The molecule has 0 saturated carbocycles.